The molecule has 0 amide bonds. The van der Waals surface area contributed by atoms with Crippen molar-refractivity contribution in [3.05, 3.63) is 28.8 Å². The third-order valence-electron chi connectivity index (χ3n) is 2.45. The molecule has 0 bridgehead atoms. The fourth-order valence-electron chi connectivity index (χ4n) is 1.53. The van der Waals surface area contributed by atoms with E-state index < -0.39 is 53.1 Å². The molecule has 1 atom stereocenters. The number of halogens is 9. The molecule has 11 heteroatoms. The Hall–Kier alpha value is -1.65. The Balaban J connectivity index is 3.66. The van der Waals surface area contributed by atoms with Crippen LogP contribution in [0.5, 0.6) is 5.75 Å². The van der Waals surface area contributed by atoms with Crippen molar-refractivity contribution in [3.63, 3.8) is 0 Å². The van der Waals surface area contributed by atoms with Crippen molar-refractivity contribution < 1.29 is 44.6 Å². The number of hydrogen-bond acceptors (Lipinski definition) is 2. The molecule has 1 rings (SSSR count). The maximum absolute atomic E-state index is 12.6. The Morgan fingerprint density at radius 1 is 0.857 bits per heavy atom. The van der Waals surface area contributed by atoms with Crippen molar-refractivity contribution in [1.29, 1.82) is 0 Å². The molecular weight excluding hydrogens is 321 g/mol. The van der Waals surface area contributed by atoms with Crippen LogP contribution in [0.15, 0.2) is 12.1 Å². The zero-order valence-corrected chi connectivity index (χ0v) is 9.66. The van der Waals surface area contributed by atoms with Gasteiger partial charge in [0.25, 0.3) is 0 Å². The summed E-state index contributed by atoms with van der Waals surface area (Å²) in [5, 5.41) is 9.15. The van der Waals surface area contributed by atoms with Crippen LogP contribution in [0.2, 0.25) is 0 Å². The number of phenols is 1. The first-order valence-electron chi connectivity index (χ1n) is 4.99. The van der Waals surface area contributed by atoms with Gasteiger partial charge in [0.05, 0.1) is 11.1 Å². The number of benzene rings is 1. The summed E-state index contributed by atoms with van der Waals surface area (Å²) < 4.78 is 112. The Morgan fingerprint density at radius 2 is 1.33 bits per heavy atom. The molecule has 0 fully saturated rings. The highest BCUT2D eigenvalue weighted by Gasteiger charge is 2.47. The molecule has 21 heavy (non-hydrogen) atoms. The van der Waals surface area contributed by atoms with E-state index in [0.29, 0.717) is 0 Å². The fourth-order valence-corrected chi connectivity index (χ4v) is 1.53. The Kier molecular flexibility index (Phi) is 4.12. The SMILES string of the molecule is N[C@@H](c1c(O)cc(C(F)(F)F)cc1C(F)(F)F)C(F)(F)F. The second-order valence-corrected chi connectivity index (χ2v) is 3.97. The summed E-state index contributed by atoms with van der Waals surface area (Å²) in [5.74, 6) is -1.83. The minimum atomic E-state index is -5.56. The Bertz CT molecular complexity index is 529. The third kappa shape index (κ3) is 3.71. The van der Waals surface area contributed by atoms with Crippen molar-refractivity contribution in [2.45, 2.75) is 24.6 Å². The summed E-state index contributed by atoms with van der Waals surface area (Å²) in [6.45, 7) is 0. The smallest absolute Gasteiger partial charge is 0.416 e. The molecular formula is C10H6F9NO. The molecule has 0 spiro atoms. The summed E-state index contributed by atoms with van der Waals surface area (Å²) >= 11 is 0. The van der Waals surface area contributed by atoms with Gasteiger partial charge in [-0.05, 0) is 12.1 Å². The van der Waals surface area contributed by atoms with E-state index in [2.05, 4.69) is 5.73 Å². The van der Waals surface area contributed by atoms with Crippen molar-refractivity contribution in [2.75, 3.05) is 0 Å². The maximum atomic E-state index is 12.6. The summed E-state index contributed by atoms with van der Waals surface area (Å²) in [6, 6.07) is -4.05. The molecule has 0 aliphatic rings. The zero-order chi connectivity index (χ0) is 16.8. The van der Waals surface area contributed by atoms with Gasteiger partial charge < -0.3 is 10.8 Å². The second-order valence-electron chi connectivity index (χ2n) is 3.97. The molecule has 1 aromatic carbocycles. The number of nitrogens with two attached hydrogens (primary N) is 1. The number of hydrogen-bond donors (Lipinski definition) is 2. The van der Waals surface area contributed by atoms with Gasteiger partial charge in [-0.1, -0.05) is 0 Å². The monoisotopic (exact) mass is 327 g/mol. The van der Waals surface area contributed by atoms with E-state index in [1.165, 1.54) is 0 Å². The minimum absolute atomic E-state index is 0.240. The van der Waals surface area contributed by atoms with Gasteiger partial charge in [0.2, 0.25) is 0 Å². The molecule has 0 radical (unpaired) electrons. The molecule has 0 heterocycles. The van der Waals surface area contributed by atoms with Crippen LogP contribution in [0.1, 0.15) is 22.7 Å². The van der Waals surface area contributed by atoms with Gasteiger partial charge in [0.15, 0.2) is 0 Å². The highest BCUT2D eigenvalue weighted by atomic mass is 19.4. The summed E-state index contributed by atoms with van der Waals surface area (Å²) in [5.41, 5.74) is -1.53. The second kappa shape index (κ2) is 4.97. The van der Waals surface area contributed by atoms with Crippen LogP contribution in [0.4, 0.5) is 39.5 Å². The van der Waals surface area contributed by atoms with E-state index in [0.717, 1.165) is 0 Å². The standard InChI is InChI=1S/C10H6F9NO/c11-8(12,13)3-1-4(9(14,15)16)6(5(21)2-3)7(20)10(17,18)19/h1-2,7,21H,20H2/t7-/m0/s1. The number of aromatic hydroxyl groups is 1. The van der Waals surface area contributed by atoms with Crippen molar-refractivity contribution >= 4 is 0 Å². The lowest BCUT2D eigenvalue weighted by molar-refractivity contribution is -0.156. The van der Waals surface area contributed by atoms with Gasteiger partial charge in [-0.15, -0.1) is 0 Å². The van der Waals surface area contributed by atoms with E-state index >= 15 is 0 Å². The zero-order valence-electron chi connectivity index (χ0n) is 9.66. The summed E-state index contributed by atoms with van der Waals surface area (Å²) in [4.78, 5) is 0. The average Bonchev–Trinajstić information content (AvgIpc) is 2.23. The molecule has 0 aromatic heterocycles. The van der Waals surface area contributed by atoms with Gasteiger partial charge in [0.1, 0.15) is 11.8 Å². The number of rotatable bonds is 1. The topological polar surface area (TPSA) is 46.2 Å². The van der Waals surface area contributed by atoms with Gasteiger partial charge in [-0.25, -0.2) is 0 Å². The number of phenolic OH excluding ortho intramolecular Hbond substituents is 1. The normalized spacial score (nSPS) is 15.1. The van der Waals surface area contributed by atoms with Gasteiger partial charge in [0, 0.05) is 5.56 Å². The molecule has 3 N–H and O–H groups in total. The van der Waals surface area contributed by atoms with Crippen LogP contribution in [-0.4, -0.2) is 11.3 Å². The quantitative estimate of drug-likeness (QED) is 0.766. The lowest BCUT2D eigenvalue weighted by Gasteiger charge is -2.23. The lowest BCUT2D eigenvalue weighted by Crippen LogP contribution is -2.31. The van der Waals surface area contributed by atoms with Crippen LogP contribution < -0.4 is 5.73 Å². The van der Waals surface area contributed by atoms with E-state index in [4.69, 9.17) is 5.11 Å². The molecule has 0 unspecified atom stereocenters. The van der Waals surface area contributed by atoms with E-state index in [-0.39, 0.29) is 6.07 Å². The predicted octanol–water partition coefficient (Wildman–Crippen LogP) is 3.99. The van der Waals surface area contributed by atoms with Gasteiger partial charge in [-0.2, -0.15) is 39.5 Å². The molecule has 2 nitrogen and oxygen atoms in total. The van der Waals surface area contributed by atoms with E-state index in [1.807, 2.05) is 0 Å². The third-order valence-corrected chi connectivity index (χ3v) is 2.45. The van der Waals surface area contributed by atoms with E-state index in [1.54, 1.807) is 0 Å². The van der Waals surface area contributed by atoms with Crippen LogP contribution in [0, 0.1) is 0 Å². The van der Waals surface area contributed by atoms with Crippen LogP contribution in [0.3, 0.4) is 0 Å². The predicted molar refractivity (Wildman–Crippen MR) is 51.1 cm³/mol. The first-order valence-corrected chi connectivity index (χ1v) is 4.99. The molecule has 0 aliphatic heterocycles. The molecule has 120 valence electrons. The first-order chi connectivity index (χ1) is 9.15. The Morgan fingerprint density at radius 3 is 1.67 bits per heavy atom. The molecule has 0 aliphatic carbocycles. The lowest BCUT2D eigenvalue weighted by atomic mass is 9.96. The average molecular weight is 327 g/mol. The van der Waals surface area contributed by atoms with Gasteiger partial charge in [-0.3, -0.25) is 0 Å². The highest BCUT2D eigenvalue weighted by Crippen LogP contribution is 2.45. The highest BCUT2D eigenvalue weighted by molar-refractivity contribution is 5.47. The van der Waals surface area contributed by atoms with Crippen molar-refractivity contribution in [3.8, 4) is 5.75 Å². The largest absolute Gasteiger partial charge is 0.508 e. The fraction of sp³-hybridized carbons (Fsp3) is 0.400. The Labute approximate surface area is 111 Å². The molecule has 1 aromatic rings. The van der Waals surface area contributed by atoms with Crippen LogP contribution >= 0.6 is 0 Å². The van der Waals surface area contributed by atoms with Crippen molar-refractivity contribution in [1.82, 2.24) is 0 Å². The van der Waals surface area contributed by atoms with E-state index in [9.17, 15) is 39.5 Å². The van der Waals surface area contributed by atoms with Crippen LogP contribution in [0.25, 0.3) is 0 Å². The number of alkyl halides is 9. The maximum Gasteiger partial charge on any atom is 0.416 e. The molecule has 0 saturated heterocycles. The van der Waals surface area contributed by atoms with Crippen LogP contribution in [-0.2, 0) is 12.4 Å². The molecule has 0 saturated carbocycles. The van der Waals surface area contributed by atoms with Gasteiger partial charge >= 0.3 is 18.5 Å². The summed E-state index contributed by atoms with van der Waals surface area (Å²) in [6.07, 6.45) is -16.2. The minimum Gasteiger partial charge on any atom is -0.508 e. The summed E-state index contributed by atoms with van der Waals surface area (Å²) in [7, 11) is 0. The van der Waals surface area contributed by atoms with Crippen molar-refractivity contribution in [2.24, 2.45) is 5.73 Å². The first kappa shape index (κ1) is 17.4.